The Balaban J connectivity index is 2.36. The Morgan fingerprint density at radius 1 is 1.25 bits per heavy atom. The molecule has 0 bridgehead atoms. The van der Waals surface area contributed by atoms with E-state index in [1.165, 1.54) is 13.0 Å². The molecule has 0 atom stereocenters. The topological polar surface area (TPSA) is 24.5 Å². The summed E-state index contributed by atoms with van der Waals surface area (Å²) >= 11 is 0. The molecule has 0 fully saturated rings. The van der Waals surface area contributed by atoms with E-state index in [0.717, 1.165) is 37.5 Å². The fourth-order valence-corrected chi connectivity index (χ4v) is 2.11. The quantitative estimate of drug-likeness (QED) is 0.524. The van der Waals surface area contributed by atoms with Gasteiger partial charge in [0.05, 0.1) is 0 Å². The van der Waals surface area contributed by atoms with Gasteiger partial charge in [-0.2, -0.15) is 0 Å². The van der Waals surface area contributed by atoms with Crippen LogP contribution in [0.15, 0.2) is 24.3 Å². The van der Waals surface area contributed by atoms with Gasteiger partial charge in [-0.1, -0.05) is 38.0 Å². The minimum absolute atomic E-state index is 0.317. The van der Waals surface area contributed by atoms with E-state index in [0.29, 0.717) is 6.61 Å². The Hall–Kier alpha value is -1.50. The monoisotopic (exact) mass is 274 g/mol. The van der Waals surface area contributed by atoms with Crippen LogP contribution >= 0.6 is 0 Å². The van der Waals surface area contributed by atoms with Crippen LogP contribution in [0.1, 0.15) is 25.8 Å². The minimum Gasteiger partial charge on any atom is -0.481 e. The van der Waals surface area contributed by atoms with Crippen LogP contribution in [0.3, 0.4) is 0 Å². The van der Waals surface area contributed by atoms with Gasteiger partial charge < -0.3 is 15.0 Å². The molecule has 0 saturated heterocycles. The number of terminal acetylenes is 1. The van der Waals surface area contributed by atoms with E-state index >= 15 is 0 Å². The third-order valence-corrected chi connectivity index (χ3v) is 3.19. The molecule has 0 spiro atoms. The second-order valence-electron chi connectivity index (χ2n) is 4.71. The molecule has 0 unspecified atom stereocenters. The molecular weight excluding hydrogens is 248 g/mol. The van der Waals surface area contributed by atoms with Gasteiger partial charge in [-0.05, 0) is 25.6 Å². The highest BCUT2D eigenvalue weighted by molar-refractivity contribution is 5.33. The summed E-state index contributed by atoms with van der Waals surface area (Å²) in [5.41, 5.74) is 1.15. The molecule has 110 valence electrons. The molecule has 0 heterocycles. The van der Waals surface area contributed by atoms with E-state index in [9.17, 15) is 0 Å². The van der Waals surface area contributed by atoms with Crippen LogP contribution in [0.2, 0.25) is 0 Å². The zero-order valence-corrected chi connectivity index (χ0v) is 12.7. The maximum atomic E-state index is 5.54. The van der Waals surface area contributed by atoms with Crippen molar-refractivity contribution in [2.24, 2.45) is 0 Å². The molecule has 0 saturated carbocycles. The maximum absolute atomic E-state index is 5.54. The lowest BCUT2D eigenvalue weighted by Gasteiger charge is -2.19. The Kier molecular flexibility index (Phi) is 8.53. The third-order valence-electron chi connectivity index (χ3n) is 3.19. The molecule has 1 aromatic carbocycles. The van der Waals surface area contributed by atoms with Crippen LogP contribution in [0, 0.1) is 12.3 Å². The normalized spacial score (nSPS) is 10.5. The zero-order chi connectivity index (χ0) is 14.6. The van der Waals surface area contributed by atoms with Crippen LogP contribution in [0.4, 0.5) is 0 Å². The van der Waals surface area contributed by atoms with E-state index in [1.807, 2.05) is 18.2 Å². The summed E-state index contributed by atoms with van der Waals surface area (Å²) in [5.74, 6) is 3.37. The van der Waals surface area contributed by atoms with Gasteiger partial charge in [0.25, 0.3) is 0 Å². The summed E-state index contributed by atoms with van der Waals surface area (Å²) in [5, 5.41) is 3.47. The van der Waals surface area contributed by atoms with Gasteiger partial charge in [0.15, 0.2) is 0 Å². The van der Waals surface area contributed by atoms with Gasteiger partial charge in [-0.25, -0.2) is 0 Å². The highest BCUT2D eigenvalue weighted by atomic mass is 16.5. The molecule has 0 aliphatic rings. The molecule has 1 aromatic rings. The average molecular weight is 274 g/mol. The minimum atomic E-state index is 0.317. The van der Waals surface area contributed by atoms with Crippen molar-refractivity contribution in [3.63, 3.8) is 0 Å². The summed E-state index contributed by atoms with van der Waals surface area (Å²) in [6.07, 6.45) is 6.43. The van der Waals surface area contributed by atoms with Crippen molar-refractivity contribution in [1.29, 1.82) is 0 Å². The molecular formula is C17H26N2O. The fraction of sp³-hybridized carbons (Fsp3) is 0.529. The zero-order valence-electron chi connectivity index (χ0n) is 12.7. The molecule has 1 N–H and O–H groups in total. The number of hydrogen-bond acceptors (Lipinski definition) is 3. The van der Waals surface area contributed by atoms with E-state index in [2.05, 4.69) is 36.1 Å². The van der Waals surface area contributed by atoms with Crippen molar-refractivity contribution in [3.8, 4) is 18.1 Å². The second-order valence-corrected chi connectivity index (χ2v) is 4.71. The lowest BCUT2D eigenvalue weighted by molar-refractivity contribution is 0.287. The lowest BCUT2D eigenvalue weighted by atomic mass is 10.2. The largest absolute Gasteiger partial charge is 0.481 e. The van der Waals surface area contributed by atoms with Crippen molar-refractivity contribution in [1.82, 2.24) is 10.2 Å². The highest BCUT2D eigenvalue weighted by Gasteiger charge is 2.03. The first-order valence-electron chi connectivity index (χ1n) is 7.39. The molecule has 3 heteroatoms. The van der Waals surface area contributed by atoms with Crippen molar-refractivity contribution >= 4 is 0 Å². The first kappa shape index (κ1) is 16.6. The predicted octanol–water partition coefficient (Wildman–Crippen LogP) is 2.52. The van der Waals surface area contributed by atoms with Crippen molar-refractivity contribution < 1.29 is 4.74 Å². The Morgan fingerprint density at radius 2 is 2.05 bits per heavy atom. The van der Waals surface area contributed by atoms with Crippen molar-refractivity contribution in [2.75, 3.05) is 32.8 Å². The highest BCUT2D eigenvalue weighted by Crippen LogP contribution is 2.17. The number of rotatable bonds is 10. The number of likely N-dealkylation sites (N-methyl/N-ethyl adjacent to an activating group) is 1. The number of nitrogens with one attached hydrogen (secondary N) is 1. The molecule has 3 nitrogen and oxygen atoms in total. The van der Waals surface area contributed by atoms with Crippen LogP contribution < -0.4 is 10.1 Å². The summed E-state index contributed by atoms with van der Waals surface area (Å²) in [6, 6.07) is 8.02. The first-order valence-corrected chi connectivity index (χ1v) is 7.39. The number of para-hydroxylation sites is 1. The van der Waals surface area contributed by atoms with E-state index in [-0.39, 0.29) is 0 Å². The summed E-state index contributed by atoms with van der Waals surface area (Å²) in [7, 11) is 0. The maximum Gasteiger partial charge on any atom is 0.148 e. The molecule has 0 aliphatic carbocycles. The molecule has 0 radical (unpaired) electrons. The first-order chi connectivity index (χ1) is 9.81. The molecule has 0 amide bonds. The molecule has 1 rings (SSSR count). The number of ether oxygens (including phenoxy) is 1. The summed E-state index contributed by atoms with van der Waals surface area (Å²) < 4.78 is 5.54. The number of nitrogens with zero attached hydrogens (tertiary/aromatic N) is 1. The third kappa shape index (κ3) is 6.10. The predicted molar refractivity (Wildman–Crippen MR) is 84.9 cm³/mol. The standard InChI is InChI=1S/C17H26N2O/c1-4-12-19(6-3)13-11-18-15-16-9-7-8-10-17(16)20-14-5-2/h2,7-10,18H,4,6,11-15H2,1,3H3. The summed E-state index contributed by atoms with van der Waals surface area (Å²) in [4.78, 5) is 2.45. The van der Waals surface area contributed by atoms with E-state index in [4.69, 9.17) is 11.2 Å². The molecule has 0 aromatic heterocycles. The van der Waals surface area contributed by atoms with Crippen molar-refractivity contribution in [3.05, 3.63) is 29.8 Å². The molecule has 20 heavy (non-hydrogen) atoms. The SMILES string of the molecule is C#CCOc1ccccc1CNCCN(CC)CCC. The fourth-order valence-electron chi connectivity index (χ4n) is 2.11. The van der Waals surface area contributed by atoms with Crippen LogP contribution in [-0.4, -0.2) is 37.7 Å². The van der Waals surface area contributed by atoms with Gasteiger partial charge in [0, 0.05) is 25.2 Å². The second kappa shape index (κ2) is 10.3. The Labute approximate surface area is 123 Å². The smallest absolute Gasteiger partial charge is 0.148 e. The van der Waals surface area contributed by atoms with Crippen LogP contribution in [-0.2, 0) is 6.54 Å². The Bertz CT molecular complexity index is 412. The van der Waals surface area contributed by atoms with Gasteiger partial charge in [-0.15, -0.1) is 6.42 Å². The van der Waals surface area contributed by atoms with Gasteiger partial charge in [0.2, 0.25) is 0 Å². The van der Waals surface area contributed by atoms with Gasteiger partial charge in [-0.3, -0.25) is 0 Å². The van der Waals surface area contributed by atoms with E-state index < -0.39 is 0 Å². The Morgan fingerprint density at radius 3 is 2.75 bits per heavy atom. The van der Waals surface area contributed by atoms with Gasteiger partial charge in [0.1, 0.15) is 12.4 Å². The summed E-state index contributed by atoms with van der Waals surface area (Å²) in [6.45, 7) is 9.89. The lowest BCUT2D eigenvalue weighted by Crippen LogP contribution is -2.32. The number of benzene rings is 1. The van der Waals surface area contributed by atoms with Gasteiger partial charge >= 0.3 is 0 Å². The van der Waals surface area contributed by atoms with Crippen molar-refractivity contribution in [2.45, 2.75) is 26.8 Å². The molecule has 0 aliphatic heterocycles. The average Bonchev–Trinajstić information content (AvgIpc) is 2.49. The van der Waals surface area contributed by atoms with E-state index in [1.54, 1.807) is 0 Å². The van der Waals surface area contributed by atoms with Crippen LogP contribution in [0.25, 0.3) is 0 Å². The number of hydrogen-bond donors (Lipinski definition) is 1. The van der Waals surface area contributed by atoms with Crippen LogP contribution in [0.5, 0.6) is 5.75 Å².